The molecule has 1 aromatic carbocycles. The number of nitrogens with zero attached hydrogens (tertiary/aromatic N) is 3. The van der Waals surface area contributed by atoms with E-state index in [4.69, 9.17) is 4.98 Å². The Bertz CT molecular complexity index is 649. The van der Waals surface area contributed by atoms with Crippen molar-refractivity contribution >= 4 is 5.82 Å². The van der Waals surface area contributed by atoms with Crippen LogP contribution in [0.4, 0.5) is 5.82 Å². The SMILES string of the molecule is c1ccc(CN2CCC[C@@H]2c2cccnc2N2CCCCC2)cc1. The first-order chi connectivity index (χ1) is 11.9. The summed E-state index contributed by atoms with van der Waals surface area (Å²) in [7, 11) is 0. The van der Waals surface area contributed by atoms with Crippen LogP contribution in [0, 0.1) is 0 Å². The van der Waals surface area contributed by atoms with Gasteiger partial charge in [0.05, 0.1) is 0 Å². The second-order valence-electron chi connectivity index (χ2n) is 7.08. The smallest absolute Gasteiger partial charge is 0.133 e. The highest BCUT2D eigenvalue weighted by atomic mass is 15.2. The molecule has 0 spiro atoms. The van der Waals surface area contributed by atoms with Crippen molar-refractivity contribution in [2.75, 3.05) is 24.5 Å². The number of anilines is 1. The van der Waals surface area contributed by atoms with Gasteiger partial charge < -0.3 is 4.90 Å². The summed E-state index contributed by atoms with van der Waals surface area (Å²) in [5, 5.41) is 0. The molecule has 0 bridgehead atoms. The number of pyridine rings is 1. The molecule has 0 unspecified atom stereocenters. The van der Waals surface area contributed by atoms with Crippen molar-refractivity contribution in [2.24, 2.45) is 0 Å². The van der Waals surface area contributed by atoms with Crippen LogP contribution in [-0.4, -0.2) is 29.5 Å². The summed E-state index contributed by atoms with van der Waals surface area (Å²) in [5.74, 6) is 1.24. The average molecular weight is 321 g/mol. The van der Waals surface area contributed by atoms with Gasteiger partial charge in [-0.1, -0.05) is 36.4 Å². The summed E-state index contributed by atoms with van der Waals surface area (Å²) in [6.45, 7) is 4.55. The van der Waals surface area contributed by atoms with Crippen molar-refractivity contribution in [3.8, 4) is 0 Å². The highest BCUT2D eigenvalue weighted by Gasteiger charge is 2.29. The summed E-state index contributed by atoms with van der Waals surface area (Å²) >= 11 is 0. The van der Waals surface area contributed by atoms with Gasteiger partial charge in [-0.05, 0) is 50.3 Å². The largest absolute Gasteiger partial charge is 0.356 e. The molecule has 2 aliphatic rings. The molecule has 2 aliphatic heterocycles. The molecule has 1 aromatic heterocycles. The first-order valence-electron chi connectivity index (χ1n) is 9.40. The number of rotatable bonds is 4. The highest BCUT2D eigenvalue weighted by Crippen LogP contribution is 2.37. The van der Waals surface area contributed by atoms with Gasteiger partial charge in [-0.2, -0.15) is 0 Å². The third-order valence-corrected chi connectivity index (χ3v) is 5.42. The Balaban J connectivity index is 1.58. The van der Waals surface area contributed by atoms with E-state index >= 15 is 0 Å². The van der Waals surface area contributed by atoms with Crippen LogP contribution in [0.25, 0.3) is 0 Å². The second kappa shape index (κ2) is 7.35. The molecule has 2 saturated heterocycles. The van der Waals surface area contributed by atoms with E-state index in [1.165, 1.54) is 55.6 Å². The van der Waals surface area contributed by atoms with Crippen LogP contribution < -0.4 is 4.90 Å². The van der Waals surface area contributed by atoms with Crippen molar-refractivity contribution in [3.05, 3.63) is 59.8 Å². The van der Waals surface area contributed by atoms with Crippen LogP contribution in [0.15, 0.2) is 48.7 Å². The lowest BCUT2D eigenvalue weighted by Crippen LogP contribution is -2.32. The number of benzene rings is 1. The third-order valence-electron chi connectivity index (χ3n) is 5.42. The lowest BCUT2D eigenvalue weighted by atomic mass is 10.0. The minimum atomic E-state index is 0.510. The van der Waals surface area contributed by atoms with Gasteiger partial charge in [-0.15, -0.1) is 0 Å². The standard InChI is InChI=1S/C21H27N3/c1-3-9-18(10-4-1)17-24-16-8-12-20(24)19-11-7-13-22-21(19)23-14-5-2-6-15-23/h1,3-4,7,9-11,13,20H,2,5-6,8,12,14-17H2/t20-/m1/s1. The molecule has 3 heteroatoms. The third kappa shape index (κ3) is 3.32. The average Bonchev–Trinajstić information content (AvgIpc) is 3.11. The Labute approximate surface area is 145 Å². The summed E-state index contributed by atoms with van der Waals surface area (Å²) < 4.78 is 0. The monoisotopic (exact) mass is 321 g/mol. The minimum absolute atomic E-state index is 0.510. The van der Waals surface area contributed by atoms with Crippen LogP contribution in [0.5, 0.6) is 0 Å². The summed E-state index contributed by atoms with van der Waals surface area (Å²) in [5.41, 5.74) is 2.85. The number of hydrogen-bond acceptors (Lipinski definition) is 3. The predicted molar refractivity (Wildman–Crippen MR) is 99.1 cm³/mol. The maximum atomic E-state index is 4.79. The zero-order chi connectivity index (χ0) is 16.2. The van der Waals surface area contributed by atoms with Gasteiger partial charge in [0, 0.05) is 37.4 Å². The fourth-order valence-corrected chi connectivity index (χ4v) is 4.22. The molecule has 24 heavy (non-hydrogen) atoms. The highest BCUT2D eigenvalue weighted by molar-refractivity contribution is 5.49. The molecule has 2 fully saturated rings. The minimum Gasteiger partial charge on any atom is -0.356 e. The molecule has 0 saturated carbocycles. The Hall–Kier alpha value is -1.87. The summed E-state index contributed by atoms with van der Waals surface area (Å²) in [4.78, 5) is 9.94. The molecule has 4 rings (SSSR count). The van der Waals surface area contributed by atoms with Crippen LogP contribution in [0.1, 0.15) is 49.3 Å². The normalized spacial score (nSPS) is 22.0. The van der Waals surface area contributed by atoms with Crippen LogP contribution in [0.3, 0.4) is 0 Å². The molecule has 3 nitrogen and oxygen atoms in total. The van der Waals surface area contributed by atoms with Crippen molar-refractivity contribution in [1.82, 2.24) is 9.88 Å². The van der Waals surface area contributed by atoms with E-state index in [9.17, 15) is 0 Å². The van der Waals surface area contributed by atoms with Crippen molar-refractivity contribution in [3.63, 3.8) is 0 Å². The fourth-order valence-electron chi connectivity index (χ4n) is 4.22. The molecule has 0 aliphatic carbocycles. The Morgan fingerprint density at radius 1 is 0.875 bits per heavy atom. The van der Waals surface area contributed by atoms with E-state index in [1.807, 2.05) is 6.20 Å². The van der Waals surface area contributed by atoms with Gasteiger partial charge in [0.25, 0.3) is 0 Å². The van der Waals surface area contributed by atoms with Gasteiger partial charge in [-0.3, -0.25) is 4.90 Å². The zero-order valence-electron chi connectivity index (χ0n) is 14.4. The van der Waals surface area contributed by atoms with E-state index in [0.29, 0.717) is 6.04 Å². The summed E-state index contributed by atoms with van der Waals surface area (Å²) in [6, 6.07) is 15.8. The molecule has 0 amide bonds. The van der Waals surface area contributed by atoms with E-state index in [0.717, 1.165) is 19.6 Å². The van der Waals surface area contributed by atoms with E-state index in [-0.39, 0.29) is 0 Å². The van der Waals surface area contributed by atoms with Gasteiger partial charge in [0.1, 0.15) is 5.82 Å². The first-order valence-corrected chi connectivity index (χ1v) is 9.40. The Morgan fingerprint density at radius 2 is 1.71 bits per heavy atom. The van der Waals surface area contributed by atoms with Gasteiger partial charge in [0.2, 0.25) is 0 Å². The molecule has 0 radical (unpaired) electrons. The van der Waals surface area contributed by atoms with Crippen LogP contribution in [-0.2, 0) is 6.54 Å². The lowest BCUT2D eigenvalue weighted by Gasteiger charge is -2.33. The Morgan fingerprint density at radius 3 is 2.54 bits per heavy atom. The van der Waals surface area contributed by atoms with E-state index in [1.54, 1.807) is 0 Å². The van der Waals surface area contributed by atoms with Gasteiger partial charge in [-0.25, -0.2) is 4.98 Å². The van der Waals surface area contributed by atoms with Gasteiger partial charge >= 0.3 is 0 Å². The maximum Gasteiger partial charge on any atom is 0.133 e. The molecule has 2 aromatic rings. The number of hydrogen-bond donors (Lipinski definition) is 0. The van der Waals surface area contributed by atoms with Gasteiger partial charge in [0.15, 0.2) is 0 Å². The number of likely N-dealkylation sites (tertiary alicyclic amines) is 1. The van der Waals surface area contributed by atoms with E-state index < -0.39 is 0 Å². The molecule has 0 N–H and O–H groups in total. The topological polar surface area (TPSA) is 19.4 Å². The summed E-state index contributed by atoms with van der Waals surface area (Å²) in [6.07, 6.45) is 8.46. The van der Waals surface area contributed by atoms with E-state index in [2.05, 4.69) is 52.3 Å². The second-order valence-corrected chi connectivity index (χ2v) is 7.08. The quantitative estimate of drug-likeness (QED) is 0.831. The number of aromatic nitrogens is 1. The zero-order valence-corrected chi connectivity index (χ0v) is 14.4. The maximum absolute atomic E-state index is 4.79. The van der Waals surface area contributed by atoms with Crippen molar-refractivity contribution < 1.29 is 0 Å². The molecular weight excluding hydrogens is 294 g/mol. The van der Waals surface area contributed by atoms with Crippen LogP contribution in [0.2, 0.25) is 0 Å². The van der Waals surface area contributed by atoms with Crippen molar-refractivity contribution in [2.45, 2.75) is 44.7 Å². The molecule has 3 heterocycles. The number of piperidine rings is 1. The Kier molecular flexibility index (Phi) is 4.79. The first kappa shape index (κ1) is 15.6. The predicted octanol–water partition coefficient (Wildman–Crippen LogP) is 4.41. The fraction of sp³-hybridized carbons (Fsp3) is 0.476. The van der Waals surface area contributed by atoms with Crippen molar-refractivity contribution in [1.29, 1.82) is 0 Å². The molecular formula is C21H27N3. The molecule has 1 atom stereocenters. The lowest BCUT2D eigenvalue weighted by molar-refractivity contribution is 0.248. The van der Waals surface area contributed by atoms with Crippen LogP contribution >= 0.6 is 0 Å². The molecule has 126 valence electrons.